The van der Waals surface area contributed by atoms with E-state index in [0.29, 0.717) is 12.8 Å². The Morgan fingerprint density at radius 1 is 0.623 bits per heavy atom. The lowest BCUT2D eigenvalue weighted by molar-refractivity contribution is -0.297. The standard InChI is InChI=1S/C40H74O12S/c1-3-5-7-9-11-13-14-15-16-17-18-19-20-21-23-25-27-29-36(42)51-33(30-49-35(41)28-26-24-22-12-10-8-6-4-2)31-50-40-39(45)38(44)37(43)34(52-40)32-53(46,47)48/h15-16,33-34,37-40,43-45H,3-14,17-32H2,1-2H3,(H,46,47,48)/b16-15+/t33-,34-,37-,38?,39?,40+/m1/s1. The van der Waals surface area contributed by atoms with Gasteiger partial charge in [-0.05, 0) is 38.5 Å². The third-order valence-corrected chi connectivity index (χ3v) is 10.3. The molecule has 1 aliphatic rings. The molecule has 1 saturated heterocycles. The zero-order valence-electron chi connectivity index (χ0n) is 32.9. The van der Waals surface area contributed by atoms with Crippen molar-refractivity contribution in [1.82, 2.24) is 0 Å². The summed E-state index contributed by atoms with van der Waals surface area (Å²) in [5, 5.41) is 30.7. The summed E-state index contributed by atoms with van der Waals surface area (Å²) in [5.41, 5.74) is 0. The minimum atomic E-state index is -4.59. The van der Waals surface area contributed by atoms with Gasteiger partial charge in [-0.3, -0.25) is 14.1 Å². The first-order valence-electron chi connectivity index (χ1n) is 20.7. The quantitative estimate of drug-likeness (QED) is 0.0219. The second-order valence-electron chi connectivity index (χ2n) is 14.7. The van der Waals surface area contributed by atoms with Crippen molar-refractivity contribution in [1.29, 1.82) is 0 Å². The lowest BCUT2D eigenvalue weighted by Gasteiger charge is -2.40. The summed E-state index contributed by atoms with van der Waals surface area (Å²) in [6, 6.07) is 0. The molecule has 0 spiro atoms. The number of ether oxygens (including phenoxy) is 4. The van der Waals surface area contributed by atoms with Crippen LogP contribution in [-0.2, 0) is 38.7 Å². The number of aliphatic hydroxyl groups is 3. The highest BCUT2D eigenvalue weighted by Crippen LogP contribution is 2.24. The van der Waals surface area contributed by atoms with Gasteiger partial charge in [0.2, 0.25) is 0 Å². The number of rotatable bonds is 34. The SMILES string of the molecule is CCCCCCCC/C=C/CCCCCCCCCC(=O)O[C@H](COC(=O)CCCCCCCCCC)CO[C@H]1O[C@H](CS(=O)(=O)O)[C@@H](O)C(O)C1O. The van der Waals surface area contributed by atoms with Gasteiger partial charge in [0.05, 0.1) is 6.61 Å². The predicted molar refractivity (Wildman–Crippen MR) is 206 cm³/mol. The van der Waals surface area contributed by atoms with Gasteiger partial charge in [0.15, 0.2) is 12.4 Å². The van der Waals surface area contributed by atoms with E-state index in [1.807, 2.05) is 0 Å². The molecule has 0 aromatic heterocycles. The molecular formula is C40H74O12S. The maximum absolute atomic E-state index is 12.7. The number of esters is 2. The molecule has 0 amide bonds. The fourth-order valence-corrected chi connectivity index (χ4v) is 7.01. The normalized spacial score (nSPS) is 21.2. The first-order chi connectivity index (χ1) is 25.5. The predicted octanol–water partition coefficient (Wildman–Crippen LogP) is 7.50. The molecule has 1 rings (SSSR count). The highest BCUT2D eigenvalue weighted by molar-refractivity contribution is 7.85. The molecule has 2 unspecified atom stereocenters. The topological polar surface area (TPSA) is 186 Å². The van der Waals surface area contributed by atoms with Crippen molar-refractivity contribution in [3.8, 4) is 0 Å². The van der Waals surface area contributed by atoms with Gasteiger partial charge in [-0.2, -0.15) is 8.42 Å². The van der Waals surface area contributed by atoms with Crippen LogP contribution in [0.15, 0.2) is 12.2 Å². The van der Waals surface area contributed by atoms with Crippen LogP contribution in [0, 0.1) is 0 Å². The van der Waals surface area contributed by atoms with Gasteiger partial charge in [0.25, 0.3) is 10.1 Å². The van der Waals surface area contributed by atoms with E-state index in [9.17, 15) is 37.9 Å². The Morgan fingerprint density at radius 3 is 1.57 bits per heavy atom. The summed E-state index contributed by atoms with van der Waals surface area (Å²) in [6.45, 7) is 3.70. The van der Waals surface area contributed by atoms with Gasteiger partial charge < -0.3 is 34.3 Å². The zero-order valence-corrected chi connectivity index (χ0v) is 33.7. The largest absolute Gasteiger partial charge is 0.462 e. The van der Waals surface area contributed by atoms with Gasteiger partial charge in [0.1, 0.15) is 36.8 Å². The van der Waals surface area contributed by atoms with E-state index in [4.69, 9.17) is 18.9 Å². The second-order valence-corrected chi connectivity index (χ2v) is 16.2. The van der Waals surface area contributed by atoms with E-state index in [-0.39, 0.29) is 19.4 Å². The van der Waals surface area contributed by atoms with Crippen LogP contribution in [0.1, 0.15) is 174 Å². The highest BCUT2D eigenvalue weighted by Gasteiger charge is 2.46. The molecule has 12 nitrogen and oxygen atoms in total. The van der Waals surface area contributed by atoms with Crippen LogP contribution in [0.4, 0.5) is 0 Å². The Labute approximate surface area is 320 Å². The lowest BCUT2D eigenvalue weighted by atomic mass is 10.00. The van der Waals surface area contributed by atoms with E-state index >= 15 is 0 Å². The summed E-state index contributed by atoms with van der Waals surface area (Å²) in [6.07, 6.45) is 21.4. The number of hydrogen-bond donors (Lipinski definition) is 4. The molecule has 4 N–H and O–H groups in total. The molecule has 1 fully saturated rings. The second kappa shape index (κ2) is 31.6. The molecule has 1 heterocycles. The van der Waals surface area contributed by atoms with Gasteiger partial charge in [-0.25, -0.2) is 0 Å². The molecule has 0 bridgehead atoms. The molecule has 0 saturated carbocycles. The molecule has 0 aromatic rings. The summed E-state index contributed by atoms with van der Waals surface area (Å²) in [5.74, 6) is -1.99. The number of unbranched alkanes of at least 4 members (excludes halogenated alkanes) is 20. The lowest BCUT2D eigenvalue weighted by Crippen LogP contribution is -2.60. The molecule has 6 atom stereocenters. The molecule has 0 aromatic carbocycles. The van der Waals surface area contributed by atoms with Crippen LogP contribution in [0.5, 0.6) is 0 Å². The minimum Gasteiger partial charge on any atom is -0.462 e. The first-order valence-corrected chi connectivity index (χ1v) is 22.4. The van der Waals surface area contributed by atoms with Crippen molar-refractivity contribution in [3.05, 3.63) is 12.2 Å². The first kappa shape index (κ1) is 49.4. The molecule has 1 aliphatic heterocycles. The van der Waals surface area contributed by atoms with Crippen LogP contribution in [-0.4, -0.2) is 96.0 Å². The van der Waals surface area contributed by atoms with E-state index in [0.717, 1.165) is 51.4 Å². The Balaban J connectivity index is 2.45. The summed E-state index contributed by atoms with van der Waals surface area (Å²) >= 11 is 0. The van der Waals surface area contributed by atoms with Crippen LogP contribution < -0.4 is 0 Å². The van der Waals surface area contributed by atoms with Crippen molar-refractivity contribution < 1.29 is 56.8 Å². The van der Waals surface area contributed by atoms with Gasteiger partial charge >= 0.3 is 11.9 Å². The maximum Gasteiger partial charge on any atom is 0.306 e. The monoisotopic (exact) mass is 778 g/mol. The molecular weight excluding hydrogens is 704 g/mol. The van der Waals surface area contributed by atoms with Gasteiger partial charge in [0, 0.05) is 12.8 Å². The number of aliphatic hydroxyl groups excluding tert-OH is 3. The number of allylic oxidation sites excluding steroid dienone is 2. The molecule has 53 heavy (non-hydrogen) atoms. The van der Waals surface area contributed by atoms with Crippen molar-refractivity contribution in [2.45, 2.75) is 211 Å². The Hall–Kier alpha value is -1.61. The number of carbonyl (C=O) groups excluding carboxylic acids is 2. The average Bonchev–Trinajstić information content (AvgIpc) is 3.12. The third-order valence-electron chi connectivity index (χ3n) is 9.60. The van der Waals surface area contributed by atoms with Crippen LogP contribution in [0.3, 0.4) is 0 Å². The Bertz CT molecular complexity index is 1050. The summed E-state index contributed by atoms with van der Waals surface area (Å²) < 4.78 is 53.8. The van der Waals surface area contributed by atoms with Crippen molar-refractivity contribution in [3.63, 3.8) is 0 Å². The van der Waals surface area contributed by atoms with Crippen molar-refractivity contribution >= 4 is 22.1 Å². The smallest absolute Gasteiger partial charge is 0.306 e. The van der Waals surface area contributed by atoms with Crippen molar-refractivity contribution in [2.75, 3.05) is 19.0 Å². The number of carbonyl (C=O) groups is 2. The van der Waals surface area contributed by atoms with E-state index in [1.165, 1.54) is 83.5 Å². The van der Waals surface area contributed by atoms with Crippen LogP contribution in [0.2, 0.25) is 0 Å². The molecule has 13 heteroatoms. The van der Waals surface area contributed by atoms with Gasteiger partial charge in [-0.1, -0.05) is 135 Å². The number of hydrogen-bond acceptors (Lipinski definition) is 11. The van der Waals surface area contributed by atoms with Crippen LogP contribution >= 0.6 is 0 Å². The fraction of sp³-hybridized carbons (Fsp3) is 0.900. The third kappa shape index (κ3) is 26.8. The molecule has 0 radical (unpaired) electrons. The summed E-state index contributed by atoms with van der Waals surface area (Å²) in [7, 11) is -4.59. The zero-order chi connectivity index (χ0) is 39.2. The minimum absolute atomic E-state index is 0.163. The Morgan fingerprint density at radius 2 is 1.08 bits per heavy atom. The van der Waals surface area contributed by atoms with E-state index in [2.05, 4.69) is 26.0 Å². The maximum atomic E-state index is 12.7. The molecule has 312 valence electrons. The van der Waals surface area contributed by atoms with E-state index < -0.39 is 71.2 Å². The Kier molecular flexibility index (Phi) is 29.4. The molecule has 0 aliphatic carbocycles. The summed E-state index contributed by atoms with van der Waals surface area (Å²) in [4.78, 5) is 25.2. The van der Waals surface area contributed by atoms with Crippen molar-refractivity contribution in [2.24, 2.45) is 0 Å². The van der Waals surface area contributed by atoms with Crippen LogP contribution in [0.25, 0.3) is 0 Å². The van der Waals surface area contributed by atoms with Gasteiger partial charge in [-0.15, -0.1) is 0 Å². The fourth-order valence-electron chi connectivity index (χ4n) is 6.32. The highest BCUT2D eigenvalue weighted by atomic mass is 32.2. The van der Waals surface area contributed by atoms with E-state index in [1.54, 1.807) is 0 Å². The average molecular weight is 779 g/mol.